The molecule has 0 amide bonds. The number of hydrogen-bond donors (Lipinski definition) is 1. The largest absolute Gasteiger partial charge is 0.496 e. The first-order valence-corrected chi connectivity index (χ1v) is 6.55. The summed E-state index contributed by atoms with van der Waals surface area (Å²) >= 11 is 0. The monoisotopic (exact) mass is 249 g/mol. The van der Waals surface area contributed by atoms with E-state index in [0.717, 1.165) is 29.9 Å². The number of benzene rings is 1. The van der Waals surface area contributed by atoms with Gasteiger partial charge < -0.3 is 15.2 Å². The van der Waals surface area contributed by atoms with Crippen molar-refractivity contribution < 1.29 is 9.47 Å². The van der Waals surface area contributed by atoms with Gasteiger partial charge in [-0.15, -0.1) is 0 Å². The molecule has 0 unspecified atom stereocenters. The molecule has 2 rings (SSSR count). The molecule has 0 radical (unpaired) electrons. The molecule has 100 valence electrons. The van der Waals surface area contributed by atoms with Crippen LogP contribution < -0.4 is 15.2 Å². The molecule has 0 saturated carbocycles. The number of methoxy groups -OCH3 is 2. The number of hydrogen-bond acceptors (Lipinski definition) is 3. The van der Waals surface area contributed by atoms with Crippen LogP contribution in [0.1, 0.15) is 43.4 Å². The molecule has 1 aromatic carbocycles. The third-order valence-electron chi connectivity index (χ3n) is 3.68. The topological polar surface area (TPSA) is 44.5 Å². The van der Waals surface area contributed by atoms with Gasteiger partial charge >= 0.3 is 0 Å². The minimum absolute atomic E-state index is 0.425. The lowest BCUT2D eigenvalue weighted by molar-refractivity contribution is 0.373. The van der Waals surface area contributed by atoms with Gasteiger partial charge in [0.1, 0.15) is 11.5 Å². The van der Waals surface area contributed by atoms with Crippen LogP contribution in [0.5, 0.6) is 11.5 Å². The second-order valence-corrected chi connectivity index (χ2v) is 5.55. The van der Waals surface area contributed by atoms with Crippen LogP contribution in [0.4, 0.5) is 0 Å². The number of ether oxygens (including phenoxy) is 2. The van der Waals surface area contributed by atoms with Gasteiger partial charge in [-0.2, -0.15) is 0 Å². The first-order valence-electron chi connectivity index (χ1n) is 6.55. The van der Waals surface area contributed by atoms with E-state index >= 15 is 0 Å². The zero-order chi connectivity index (χ0) is 13.3. The fraction of sp³-hybridized carbons (Fsp3) is 0.600. The maximum atomic E-state index is 6.25. The minimum atomic E-state index is -0.425. The molecule has 0 atom stereocenters. The Hall–Kier alpha value is -1.22. The minimum Gasteiger partial charge on any atom is -0.496 e. The standard InChI is InChI=1S/C15H23NO2/c1-15(2,16)12-9-13(17-3)10-7-5-6-8-11(10)14(12)18-4/h9H,5-8,16H2,1-4H3. The van der Waals surface area contributed by atoms with E-state index in [9.17, 15) is 0 Å². The number of rotatable bonds is 3. The molecule has 1 aliphatic carbocycles. The molecule has 0 spiro atoms. The molecule has 2 N–H and O–H groups in total. The van der Waals surface area contributed by atoms with E-state index in [0.29, 0.717) is 0 Å². The van der Waals surface area contributed by atoms with E-state index in [2.05, 4.69) is 0 Å². The Kier molecular flexibility index (Phi) is 3.53. The van der Waals surface area contributed by atoms with Crippen LogP contribution in [-0.2, 0) is 18.4 Å². The smallest absolute Gasteiger partial charge is 0.127 e. The van der Waals surface area contributed by atoms with Crippen LogP contribution in [0.2, 0.25) is 0 Å². The van der Waals surface area contributed by atoms with Gasteiger partial charge in [0, 0.05) is 22.2 Å². The van der Waals surface area contributed by atoms with Crippen molar-refractivity contribution in [3.8, 4) is 11.5 Å². The maximum absolute atomic E-state index is 6.25. The first kappa shape index (κ1) is 13.2. The summed E-state index contributed by atoms with van der Waals surface area (Å²) in [5.41, 5.74) is 9.45. The van der Waals surface area contributed by atoms with Crippen molar-refractivity contribution in [3.05, 3.63) is 22.8 Å². The average Bonchev–Trinajstić information content (AvgIpc) is 2.35. The number of fused-ring (bicyclic) bond motifs is 1. The Morgan fingerprint density at radius 1 is 1.06 bits per heavy atom. The highest BCUT2D eigenvalue weighted by molar-refractivity contribution is 5.56. The Morgan fingerprint density at radius 3 is 2.17 bits per heavy atom. The fourth-order valence-electron chi connectivity index (χ4n) is 2.77. The summed E-state index contributed by atoms with van der Waals surface area (Å²) in [4.78, 5) is 0. The highest BCUT2D eigenvalue weighted by atomic mass is 16.5. The van der Waals surface area contributed by atoms with Gasteiger partial charge in [-0.05, 0) is 45.6 Å². The van der Waals surface area contributed by atoms with Gasteiger partial charge in [0.2, 0.25) is 0 Å². The van der Waals surface area contributed by atoms with Crippen LogP contribution in [-0.4, -0.2) is 14.2 Å². The lowest BCUT2D eigenvalue weighted by atomic mass is 9.84. The van der Waals surface area contributed by atoms with Crippen LogP contribution in [0, 0.1) is 0 Å². The molecule has 0 fully saturated rings. The number of nitrogens with two attached hydrogens (primary N) is 1. The van der Waals surface area contributed by atoms with Crippen molar-refractivity contribution in [2.75, 3.05) is 14.2 Å². The molecule has 3 heteroatoms. The summed E-state index contributed by atoms with van der Waals surface area (Å²) in [6.45, 7) is 4.00. The molecule has 0 aromatic heterocycles. The molecular formula is C15H23NO2. The lowest BCUT2D eigenvalue weighted by Crippen LogP contribution is -2.30. The van der Waals surface area contributed by atoms with Crippen molar-refractivity contribution in [3.63, 3.8) is 0 Å². The van der Waals surface area contributed by atoms with Crippen molar-refractivity contribution in [1.82, 2.24) is 0 Å². The SMILES string of the molecule is COc1cc(C(C)(C)N)c(OC)c2c1CCCC2. The van der Waals surface area contributed by atoms with E-state index in [-0.39, 0.29) is 0 Å². The van der Waals surface area contributed by atoms with Crippen LogP contribution >= 0.6 is 0 Å². The quantitative estimate of drug-likeness (QED) is 0.896. The van der Waals surface area contributed by atoms with Crippen LogP contribution in [0.3, 0.4) is 0 Å². The first-order chi connectivity index (χ1) is 8.49. The Bertz CT molecular complexity index is 447. The predicted molar refractivity (Wildman–Crippen MR) is 73.4 cm³/mol. The zero-order valence-corrected chi connectivity index (χ0v) is 11.8. The molecule has 0 bridgehead atoms. The molecular weight excluding hydrogens is 226 g/mol. The molecule has 0 saturated heterocycles. The van der Waals surface area contributed by atoms with Gasteiger partial charge in [0.15, 0.2) is 0 Å². The summed E-state index contributed by atoms with van der Waals surface area (Å²) in [5, 5.41) is 0. The van der Waals surface area contributed by atoms with Gasteiger partial charge in [-0.3, -0.25) is 0 Å². The normalized spacial score (nSPS) is 15.2. The van der Waals surface area contributed by atoms with Crippen molar-refractivity contribution in [1.29, 1.82) is 0 Å². The van der Waals surface area contributed by atoms with Gasteiger partial charge in [0.05, 0.1) is 14.2 Å². The second-order valence-electron chi connectivity index (χ2n) is 5.55. The zero-order valence-electron chi connectivity index (χ0n) is 11.8. The third kappa shape index (κ3) is 2.19. The van der Waals surface area contributed by atoms with Crippen LogP contribution in [0.15, 0.2) is 6.07 Å². The van der Waals surface area contributed by atoms with E-state index in [1.54, 1.807) is 14.2 Å². The summed E-state index contributed by atoms with van der Waals surface area (Å²) in [7, 11) is 3.45. The van der Waals surface area contributed by atoms with E-state index < -0.39 is 5.54 Å². The summed E-state index contributed by atoms with van der Waals surface area (Å²) in [5.74, 6) is 1.91. The maximum Gasteiger partial charge on any atom is 0.127 e. The van der Waals surface area contributed by atoms with Gasteiger partial charge in [0.25, 0.3) is 0 Å². The average molecular weight is 249 g/mol. The molecule has 0 aliphatic heterocycles. The van der Waals surface area contributed by atoms with Gasteiger partial charge in [-0.1, -0.05) is 0 Å². The Labute approximate surface area is 109 Å². The van der Waals surface area contributed by atoms with Crippen LogP contribution in [0.25, 0.3) is 0 Å². The molecule has 1 aliphatic rings. The van der Waals surface area contributed by atoms with E-state index in [1.165, 1.54) is 24.0 Å². The van der Waals surface area contributed by atoms with E-state index in [1.807, 2.05) is 19.9 Å². The summed E-state index contributed by atoms with van der Waals surface area (Å²) in [6.07, 6.45) is 4.55. The van der Waals surface area contributed by atoms with E-state index in [4.69, 9.17) is 15.2 Å². The Morgan fingerprint density at radius 2 is 1.67 bits per heavy atom. The van der Waals surface area contributed by atoms with Gasteiger partial charge in [-0.25, -0.2) is 0 Å². The van der Waals surface area contributed by atoms with Crippen molar-refractivity contribution >= 4 is 0 Å². The molecule has 3 nitrogen and oxygen atoms in total. The molecule has 1 aromatic rings. The fourth-order valence-corrected chi connectivity index (χ4v) is 2.77. The molecule has 0 heterocycles. The summed E-state index contributed by atoms with van der Waals surface area (Å²) < 4.78 is 11.2. The highest BCUT2D eigenvalue weighted by Gasteiger charge is 2.27. The Balaban J connectivity index is 2.68. The second kappa shape index (κ2) is 4.81. The highest BCUT2D eigenvalue weighted by Crippen LogP contribution is 2.42. The predicted octanol–water partition coefficient (Wildman–Crippen LogP) is 2.78. The lowest BCUT2D eigenvalue weighted by Gasteiger charge is -2.29. The van der Waals surface area contributed by atoms with Crippen molar-refractivity contribution in [2.45, 2.75) is 45.1 Å². The third-order valence-corrected chi connectivity index (χ3v) is 3.68. The summed E-state index contributed by atoms with van der Waals surface area (Å²) in [6, 6.07) is 2.04. The van der Waals surface area contributed by atoms with Crippen molar-refractivity contribution in [2.24, 2.45) is 5.73 Å². The molecule has 18 heavy (non-hydrogen) atoms.